The van der Waals surface area contributed by atoms with Gasteiger partial charge in [0, 0.05) is 26.1 Å². The van der Waals surface area contributed by atoms with Crippen molar-refractivity contribution >= 4 is 18.3 Å². The van der Waals surface area contributed by atoms with E-state index in [4.69, 9.17) is 10.5 Å². The van der Waals surface area contributed by atoms with Crippen LogP contribution in [0.25, 0.3) is 0 Å². The number of amides is 1. The van der Waals surface area contributed by atoms with Gasteiger partial charge in [-0.15, -0.1) is 12.4 Å². The third-order valence-corrected chi connectivity index (χ3v) is 3.22. The van der Waals surface area contributed by atoms with Gasteiger partial charge in [0.25, 0.3) is 0 Å². The van der Waals surface area contributed by atoms with Gasteiger partial charge < -0.3 is 15.4 Å². The Labute approximate surface area is 120 Å². The number of nitrogens with two attached hydrogens (primary N) is 1. The van der Waals surface area contributed by atoms with Gasteiger partial charge >= 0.3 is 0 Å². The quantitative estimate of drug-likeness (QED) is 0.905. The first kappa shape index (κ1) is 16.0. The number of hydrogen-bond acceptors (Lipinski definition) is 3. The number of rotatable bonds is 4. The van der Waals surface area contributed by atoms with Gasteiger partial charge in [-0.2, -0.15) is 0 Å². The van der Waals surface area contributed by atoms with E-state index in [0.29, 0.717) is 32.7 Å². The number of ether oxygens (including phenoxy) is 1. The highest BCUT2D eigenvalue weighted by molar-refractivity contribution is 5.85. The Bertz CT molecular complexity index is 386. The molecule has 0 spiro atoms. The summed E-state index contributed by atoms with van der Waals surface area (Å²) in [4.78, 5) is 13.9. The number of carbonyl (C=O) groups excluding carboxylic acids is 1. The van der Waals surface area contributed by atoms with Crippen molar-refractivity contribution in [3.63, 3.8) is 0 Å². The predicted octanol–water partition coefficient (Wildman–Crippen LogP) is 1.23. The largest absolute Gasteiger partial charge is 0.373 e. The second-order valence-electron chi connectivity index (χ2n) is 4.55. The van der Waals surface area contributed by atoms with Crippen molar-refractivity contribution in [1.29, 1.82) is 0 Å². The van der Waals surface area contributed by atoms with Crippen LogP contribution < -0.4 is 5.73 Å². The molecule has 1 aliphatic heterocycles. The molecule has 1 saturated heterocycles. The molecule has 4 nitrogen and oxygen atoms in total. The highest BCUT2D eigenvalue weighted by Crippen LogP contribution is 2.09. The third-order valence-electron chi connectivity index (χ3n) is 3.22. The maximum absolute atomic E-state index is 12.1. The highest BCUT2D eigenvalue weighted by Gasteiger charge is 2.22. The predicted molar refractivity (Wildman–Crippen MR) is 77.4 cm³/mol. The van der Waals surface area contributed by atoms with Gasteiger partial charge in [0.1, 0.15) is 0 Å². The summed E-state index contributed by atoms with van der Waals surface area (Å²) in [7, 11) is 0. The van der Waals surface area contributed by atoms with Crippen LogP contribution in [0, 0.1) is 0 Å². The first-order chi connectivity index (χ1) is 8.79. The molecular formula is C14H21ClN2O2. The summed E-state index contributed by atoms with van der Waals surface area (Å²) >= 11 is 0. The van der Waals surface area contributed by atoms with Crippen molar-refractivity contribution in [1.82, 2.24) is 4.90 Å². The molecule has 1 atom stereocenters. The van der Waals surface area contributed by atoms with Gasteiger partial charge in [-0.3, -0.25) is 4.79 Å². The molecule has 1 unspecified atom stereocenters. The van der Waals surface area contributed by atoms with Gasteiger partial charge in [-0.1, -0.05) is 30.3 Å². The number of benzene rings is 1. The van der Waals surface area contributed by atoms with Gasteiger partial charge in [0.05, 0.1) is 12.7 Å². The monoisotopic (exact) mass is 284 g/mol. The topological polar surface area (TPSA) is 55.6 Å². The van der Waals surface area contributed by atoms with E-state index in [1.807, 2.05) is 23.1 Å². The van der Waals surface area contributed by atoms with Gasteiger partial charge in [-0.05, 0) is 12.0 Å². The van der Waals surface area contributed by atoms with Crippen LogP contribution in [0.3, 0.4) is 0 Å². The summed E-state index contributed by atoms with van der Waals surface area (Å²) in [5.74, 6) is 0.195. The first-order valence-corrected chi connectivity index (χ1v) is 6.43. The third kappa shape index (κ3) is 4.82. The summed E-state index contributed by atoms with van der Waals surface area (Å²) in [6.07, 6.45) is 1.35. The lowest BCUT2D eigenvalue weighted by atomic mass is 10.1. The Balaban J connectivity index is 0.00000180. The summed E-state index contributed by atoms with van der Waals surface area (Å²) in [6.45, 7) is 2.38. The molecule has 1 aromatic carbocycles. The van der Waals surface area contributed by atoms with Crippen molar-refractivity contribution in [3.05, 3.63) is 35.9 Å². The molecule has 2 N–H and O–H groups in total. The molecule has 0 saturated carbocycles. The average molecular weight is 285 g/mol. The number of morpholine rings is 1. The van der Waals surface area contributed by atoms with E-state index in [1.165, 1.54) is 5.56 Å². The molecule has 106 valence electrons. The van der Waals surface area contributed by atoms with Crippen LogP contribution in [-0.2, 0) is 16.0 Å². The lowest BCUT2D eigenvalue weighted by molar-refractivity contribution is -0.138. The summed E-state index contributed by atoms with van der Waals surface area (Å²) in [6, 6.07) is 10.1. The number of hydrogen-bond donors (Lipinski definition) is 1. The van der Waals surface area contributed by atoms with Crippen molar-refractivity contribution in [2.24, 2.45) is 5.73 Å². The van der Waals surface area contributed by atoms with Gasteiger partial charge in [-0.25, -0.2) is 0 Å². The van der Waals surface area contributed by atoms with E-state index >= 15 is 0 Å². The molecule has 5 heteroatoms. The molecule has 1 aromatic rings. The molecular weight excluding hydrogens is 264 g/mol. The molecule has 1 amide bonds. The maximum atomic E-state index is 12.1. The summed E-state index contributed by atoms with van der Waals surface area (Å²) in [5.41, 5.74) is 6.77. The molecule has 1 aliphatic rings. The second-order valence-corrected chi connectivity index (χ2v) is 4.55. The van der Waals surface area contributed by atoms with Crippen molar-refractivity contribution in [2.75, 3.05) is 26.2 Å². The molecule has 19 heavy (non-hydrogen) atoms. The standard InChI is InChI=1S/C14H20N2O2.ClH/c15-10-13-11-16(8-9-18-13)14(17)7-6-12-4-2-1-3-5-12;/h1-5,13H,6-11,15H2;1H. The van der Waals surface area contributed by atoms with Crippen molar-refractivity contribution in [3.8, 4) is 0 Å². The van der Waals surface area contributed by atoms with E-state index in [2.05, 4.69) is 12.1 Å². The molecule has 1 fully saturated rings. The molecule has 0 bridgehead atoms. The van der Waals surface area contributed by atoms with Crippen molar-refractivity contribution in [2.45, 2.75) is 18.9 Å². The molecule has 0 radical (unpaired) electrons. The van der Waals surface area contributed by atoms with E-state index in [-0.39, 0.29) is 24.4 Å². The minimum atomic E-state index is -0.000532. The van der Waals surface area contributed by atoms with Crippen LogP contribution in [-0.4, -0.2) is 43.2 Å². The van der Waals surface area contributed by atoms with Crippen LogP contribution >= 0.6 is 12.4 Å². The summed E-state index contributed by atoms with van der Waals surface area (Å²) < 4.78 is 5.45. The Hall–Kier alpha value is -1.10. The lowest BCUT2D eigenvalue weighted by Crippen LogP contribution is -2.48. The highest BCUT2D eigenvalue weighted by atomic mass is 35.5. The fourth-order valence-electron chi connectivity index (χ4n) is 2.14. The number of aryl methyl sites for hydroxylation is 1. The molecule has 1 heterocycles. The number of carbonyl (C=O) groups is 1. The normalized spacial score (nSPS) is 18.8. The smallest absolute Gasteiger partial charge is 0.223 e. The molecule has 2 rings (SSSR count). The Morgan fingerprint density at radius 2 is 2.11 bits per heavy atom. The maximum Gasteiger partial charge on any atom is 0.223 e. The molecule has 0 aliphatic carbocycles. The lowest BCUT2D eigenvalue weighted by Gasteiger charge is -2.32. The zero-order valence-electron chi connectivity index (χ0n) is 11.0. The van der Waals surface area contributed by atoms with Gasteiger partial charge in [0.15, 0.2) is 0 Å². The van der Waals surface area contributed by atoms with Crippen LogP contribution in [0.2, 0.25) is 0 Å². The van der Waals surface area contributed by atoms with E-state index in [1.54, 1.807) is 0 Å². The Morgan fingerprint density at radius 3 is 2.79 bits per heavy atom. The van der Waals surface area contributed by atoms with E-state index in [0.717, 1.165) is 6.42 Å². The molecule has 0 aromatic heterocycles. The fraction of sp³-hybridized carbons (Fsp3) is 0.500. The zero-order valence-corrected chi connectivity index (χ0v) is 11.8. The number of nitrogens with zero attached hydrogens (tertiary/aromatic N) is 1. The minimum absolute atomic E-state index is 0. The Morgan fingerprint density at radius 1 is 1.37 bits per heavy atom. The number of halogens is 1. The summed E-state index contributed by atoms with van der Waals surface area (Å²) in [5, 5.41) is 0. The van der Waals surface area contributed by atoms with E-state index < -0.39 is 0 Å². The minimum Gasteiger partial charge on any atom is -0.373 e. The fourth-order valence-corrected chi connectivity index (χ4v) is 2.14. The SMILES string of the molecule is Cl.NCC1CN(C(=O)CCc2ccccc2)CCO1. The average Bonchev–Trinajstić information content (AvgIpc) is 2.46. The van der Waals surface area contributed by atoms with Gasteiger partial charge in [0.2, 0.25) is 5.91 Å². The van der Waals surface area contributed by atoms with Crippen LogP contribution in [0.5, 0.6) is 0 Å². The van der Waals surface area contributed by atoms with E-state index in [9.17, 15) is 4.79 Å². The van der Waals surface area contributed by atoms with Crippen LogP contribution in [0.1, 0.15) is 12.0 Å². The van der Waals surface area contributed by atoms with Crippen LogP contribution in [0.15, 0.2) is 30.3 Å². The zero-order chi connectivity index (χ0) is 12.8. The Kier molecular flexibility index (Phi) is 6.84. The van der Waals surface area contributed by atoms with Crippen molar-refractivity contribution < 1.29 is 9.53 Å². The van der Waals surface area contributed by atoms with Crippen LogP contribution in [0.4, 0.5) is 0 Å². The second kappa shape index (κ2) is 8.15. The first-order valence-electron chi connectivity index (χ1n) is 6.43.